The summed E-state index contributed by atoms with van der Waals surface area (Å²) >= 11 is 0. The molecule has 1 saturated heterocycles. The van der Waals surface area contributed by atoms with E-state index in [1.807, 2.05) is 37.3 Å². The van der Waals surface area contributed by atoms with Crippen LogP contribution in [0.15, 0.2) is 30.3 Å². The SMILES string of the molecule is CC(CC1CCCO1)C(=O)OCc1ccccc1. The van der Waals surface area contributed by atoms with Crippen LogP contribution in [0.4, 0.5) is 0 Å². The van der Waals surface area contributed by atoms with Crippen molar-refractivity contribution in [2.75, 3.05) is 6.61 Å². The Bertz CT molecular complexity index is 369. The maximum absolute atomic E-state index is 11.8. The maximum Gasteiger partial charge on any atom is 0.309 e. The Labute approximate surface area is 108 Å². The fourth-order valence-corrected chi connectivity index (χ4v) is 2.19. The summed E-state index contributed by atoms with van der Waals surface area (Å²) in [5.41, 5.74) is 1.02. The van der Waals surface area contributed by atoms with E-state index in [1.54, 1.807) is 0 Å². The zero-order valence-electron chi connectivity index (χ0n) is 10.8. The number of rotatable bonds is 5. The molecule has 0 spiro atoms. The molecule has 2 atom stereocenters. The van der Waals surface area contributed by atoms with Crippen LogP contribution in [0.2, 0.25) is 0 Å². The number of carbonyl (C=O) groups is 1. The first-order valence-electron chi connectivity index (χ1n) is 6.58. The highest BCUT2D eigenvalue weighted by molar-refractivity contribution is 5.72. The molecule has 1 aromatic carbocycles. The topological polar surface area (TPSA) is 35.5 Å². The fourth-order valence-electron chi connectivity index (χ4n) is 2.19. The predicted octanol–water partition coefficient (Wildman–Crippen LogP) is 2.94. The van der Waals surface area contributed by atoms with Crippen LogP contribution in [-0.2, 0) is 20.9 Å². The Kier molecular flexibility index (Phi) is 4.76. The Morgan fingerprint density at radius 3 is 2.89 bits per heavy atom. The molecule has 1 aliphatic heterocycles. The molecule has 0 bridgehead atoms. The molecule has 0 saturated carbocycles. The molecule has 2 rings (SSSR count). The summed E-state index contributed by atoms with van der Waals surface area (Å²) in [6.45, 7) is 3.10. The van der Waals surface area contributed by atoms with Crippen molar-refractivity contribution in [2.45, 2.75) is 38.9 Å². The second-order valence-electron chi connectivity index (χ2n) is 4.87. The summed E-state index contributed by atoms with van der Waals surface area (Å²) in [6.07, 6.45) is 3.18. The van der Waals surface area contributed by atoms with E-state index in [-0.39, 0.29) is 18.0 Å². The van der Waals surface area contributed by atoms with Gasteiger partial charge in [-0.1, -0.05) is 37.3 Å². The van der Waals surface area contributed by atoms with Gasteiger partial charge in [0.1, 0.15) is 6.61 Å². The third-order valence-electron chi connectivity index (χ3n) is 3.27. The maximum atomic E-state index is 11.8. The van der Waals surface area contributed by atoms with Crippen LogP contribution in [0.3, 0.4) is 0 Å². The normalized spacial score (nSPS) is 20.6. The van der Waals surface area contributed by atoms with Gasteiger partial charge in [0.15, 0.2) is 0 Å². The number of ether oxygens (including phenoxy) is 2. The Morgan fingerprint density at radius 2 is 2.22 bits per heavy atom. The highest BCUT2D eigenvalue weighted by Gasteiger charge is 2.23. The second kappa shape index (κ2) is 6.55. The summed E-state index contributed by atoms with van der Waals surface area (Å²) in [5.74, 6) is -0.217. The largest absolute Gasteiger partial charge is 0.461 e. The van der Waals surface area contributed by atoms with Crippen molar-refractivity contribution in [1.29, 1.82) is 0 Å². The molecule has 1 aromatic rings. The average molecular weight is 248 g/mol. The van der Waals surface area contributed by atoms with Crippen molar-refractivity contribution in [3.63, 3.8) is 0 Å². The summed E-state index contributed by atoms with van der Waals surface area (Å²) in [7, 11) is 0. The van der Waals surface area contributed by atoms with Crippen molar-refractivity contribution in [1.82, 2.24) is 0 Å². The van der Waals surface area contributed by atoms with Gasteiger partial charge in [-0.2, -0.15) is 0 Å². The lowest BCUT2D eigenvalue weighted by molar-refractivity contribution is -0.150. The molecule has 1 heterocycles. The molecular weight excluding hydrogens is 228 g/mol. The van der Waals surface area contributed by atoms with Crippen molar-refractivity contribution in [3.05, 3.63) is 35.9 Å². The van der Waals surface area contributed by atoms with Crippen LogP contribution >= 0.6 is 0 Å². The molecule has 0 aliphatic carbocycles. The van der Waals surface area contributed by atoms with E-state index in [9.17, 15) is 4.79 Å². The van der Waals surface area contributed by atoms with Gasteiger partial charge in [-0.05, 0) is 24.8 Å². The Morgan fingerprint density at radius 1 is 1.44 bits per heavy atom. The quantitative estimate of drug-likeness (QED) is 0.752. The van der Waals surface area contributed by atoms with Crippen LogP contribution in [0.1, 0.15) is 31.7 Å². The lowest BCUT2D eigenvalue weighted by Crippen LogP contribution is -2.20. The molecule has 1 aliphatic rings. The van der Waals surface area contributed by atoms with Gasteiger partial charge in [-0.3, -0.25) is 4.79 Å². The number of carbonyl (C=O) groups excluding carboxylic acids is 1. The van der Waals surface area contributed by atoms with Crippen LogP contribution < -0.4 is 0 Å². The lowest BCUT2D eigenvalue weighted by Gasteiger charge is -2.15. The summed E-state index contributed by atoms with van der Waals surface area (Å²) in [4.78, 5) is 11.8. The standard InChI is InChI=1S/C15H20O3/c1-12(10-14-8-5-9-17-14)15(16)18-11-13-6-3-2-4-7-13/h2-4,6-7,12,14H,5,8-11H2,1H3. The summed E-state index contributed by atoms with van der Waals surface area (Å²) in [6, 6.07) is 9.75. The first-order valence-corrected chi connectivity index (χ1v) is 6.58. The van der Waals surface area contributed by atoms with Gasteiger partial charge in [-0.15, -0.1) is 0 Å². The molecule has 98 valence electrons. The van der Waals surface area contributed by atoms with Crippen LogP contribution in [0.25, 0.3) is 0 Å². The third kappa shape index (κ3) is 3.84. The van der Waals surface area contributed by atoms with Crippen molar-refractivity contribution < 1.29 is 14.3 Å². The van der Waals surface area contributed by atoms with Gasteiger partial charge < -0.3 is 9.47 Å². The molecular formula is C15H20O3. The fraction of sp³-hybridized carbons (Fsp3) is 0.533. The summed E-state index contributed by atoms with van der Waals surface area (Å²) < 4.78 is 10.8. The zero-order valence-corrected chi connectivity index (χ0v) is 10.8. The minimum absolute atomic E-state index is 0.0863. The molecule has 1 fully saturated rings. The molecule has 3 heteroatoms. The first-order chi connectivity index (χ1) is 8.75. The highest BCUT2D eigenvalue weighted by Crippen LogP contribution is 2.20. The first kappa shape index (κ1) is 13.1. The van der Waals surface area contributed by atoms with E-state index < -0.39 is 0 Å². The van der Waals surface area contributed by atoms with Crippen LogP contribution in [-0.4, -0.2) is 18.7 Å². The molecule has 0 amide bonds. The minimum Gasteiger partial charge on any atom is -0.461 e. The van der Waals surface area contributed by atoms with Gasteiger partial charge in [0, 0.05) is 6.61 Å². The van der Waals surface area contributed by atoms with Gasteiger partial charge in [-0.25, -0.2) is 0 Å². The van der Waals surface area contributed by atoms with E-state index in [1.165, 1.54) is 0 Å². The predicted molar refractivity (Wildman–Crippen MR) is 69.0 cm³/mol. The molecule has 0 radical (unpaired) electrons. The average Bonchev–Trinajstić information content (AvgIpc) is 2.90. The number of esters is 1. The van der Waals surface area contributed by atoms with E-state index in [4.69, 9.17) is 9.47 Å². The van der Waals surface area contributed by atoms with Crippen molar-refractivity contribution >= 4 is 5.97 Å². The number of hydrogen-bond donors (Lipinski definition) is 0. The third-order valence-corrected chi connectivity index (χ3v) is 3.27. The van der Waals surface area contributed by atoms with Crippen molar-refractivity contribution in [3.8, 4) is 0 Å². The molecule has 18 heavy (non-hydrogen) atoms. The van der Waals surface area contributed by atoms with E-state index >= 15 is 0 Å². The molecule has 2 unspecified atom stereocenters. The number of hydrogen-bond acceptors (Lipinski definition) is 3. The highest BCUT2D eigenvalue weighted by atomic mass is 16.5. The van der Waals surface area contributed by atoms with Crippen molar-refractivity contribution in [2.24, 2.45) is 5.92 Å². The van der Waals surface area contributed by atoms with Gasteiger partial charge >= 0.3 is 5.97 Å². The van der Waals surface area contributed by atoms with Gasteiger partial charge in [0.2, 0.25) is 0 Å². The molecule has 3 nitrogen and oxygen atoms in total. The summed E-state index contributed by atoms with van der Waals surface area (Å²) in [5, 5.41) is 0. The monoisotopic (exact) mass is 248 g/mol. The molecule has 0 N–H and O–H groups in total. The van der Waals surface area contributed by atoms with E-state index in [0.717, 1.165) is 31.4 Å². The van der Waals surface area contributed by atoms with E-state index in [0.29, 0.717) is 6.61 Å². The molecule has 0 aromatic heterocycles. The van der Waals surface area contributed by atoms with Crippen LogP contribution in [0.5, 0.6) is 0 Å². The number of benzene rings is 1. The smallest absolute Gasteiger partial charge is 0.309 e. The Balaban J connectivity index is 1.73. The Hall–Kier alpha value is -1.35. The van der Waals surface area contributed by atoms with E-state index in [2.05, 4.69) is 0 Å². The lowest BCUT2D eigenvalue weighted by atomic mass is 10.0. The minimum atomic E-state index is -0.130. The van der Waals surface area contributed by atoms with Gasteiger partial charge in [0.25, 0.3) is 0 Å². The van der Waals surface area contributed by atoms with Crippen LogP contribution in [0, 0.1) is 5.92 Å². The zero-order chi connectivity index (χ0) is 12.8. The second-order valence-corrected chi connectivity index (χ2v) is 4.87. The van der Waals surface area contributed by atoms with Gasteiger partial charge in [0.05, 0.1) is 12.0 Å².